The Kier molecular flexibility index (Phi) is 9.62. The van der Waals surface area contributed by atoms with Crippen LogP contribution in [0.25, 0.3) is 0 Å². The zero-order valence-corrected chi connectivity index (χ0v) is 24.7. The number of piperazine rings is 1. The summed E-state index contributed by atoms with van der Waals surface area (Å²) in [5.41, 5.74) is 1.92. The van der Waals surface area contributed by atoms with Crippen LogP contribution in [-0.4, -0.2) is 95.9 Å². The van der Waals surface area contributed by atoms with Gasteiger partial charge in [0.25, 0.3) is 0 Å². The predicted molar refractivity (Wildman–Crippen MR) is 157 cm³/mol. The maximum Gasteiger partial charge on any atom is 0.234 e. The summed E-state index contributed by atoms with van der Waals surface area (Å²) in [5, 5.41) is 9.34. The Morgan fingerprint density at radius 2 is 1.87 bits per heavy atom. The molecule has 0 radical (unpaired) electrons. The molecule has 8 nitrogen and oxygen atoms in total. The number of nitrogens with zero attached hydrogens (tertiary/aromatic N) is 7. The molecule has 0 spiro atoms. The van der Waals surface area contributed by atoms with E-state index in [1.54, 1.807) is 6.20 Å². The van der Waals surface area contributed by atoms with Gasteiger partial charge in [0.05, 0.1) is 11.0 Å². The molecular weight excluding hydrogens is 554 g/mol. The van der Waals surface area contributed by atoms with Crippen molar-refractivity contribution < 1.29 is 4.79 Å². The Bertz CT molecular complexity index is 1170. The minimum Gasteiger partial charge on any atom is -0.345 e. The van der Waals surface area contributed by atoms with Gasteiger partial charge in [-0.05, 0) is 72.8 Å². The van der Waals surface area contributed by atoms with Crippen LogP contribution in [0.3, 0.4) is 0 Å². The second-order valence-corrected chi connectivity index (χ2v) is 12.4. The summed E-state index contributed by atoms with van der Waals surface area (Å²) < 4.78 is 0.713. The second-order valence-electron chi connectivity index (χ2n) is 11.5. The van der Waals surface area contributed by atoms with Crippen molar-refractivity contribution in [2.24, 2.45) is 5.92 Å². The fraction of sp³-hybridized carbons (Fsp3) is 0.600. The number of anilines is 1. The fourth-order valence-corrected chi connectivity index (χ4v) is 6.89. The number of likely N-dealkylation sites (tertiary alicyclic amines) is 1. The first-order chi connectivity index (χ1) is 19.0. The molecule has 2 aliphatic heterocycles. The monoisotopic (exact) mass is 593 g/mol. The zero-order chi connectivity index (χ0) is 27.2. The van der Waals surface area contributed by atoms with Gasteiger partial charge < -0.3 is 14.7 Å². The molecule has 0 N–H and O–H groups in total. The van der Waals surface area contributed by atoms with Crippen molar-refractivity contribution in [3.63, 3.8) is 0 Å². The Labute approximate surface area is 241 Å². The Morgan fingerprint density at radius 3 is 2.62 bits per heavy atom. The van der Waals surface area contributed by atoms with Gasteiger partial charge in [0.2, 0.25) is 5.82 Å². The van der Waals surface area contributed by atoms with E-state index in [9.17, 15) is 10.1 Å². The van der Waals surface area contributed by atoms with E-state index >= 15 is 0 Å². The maximum absolute atomic E-state index is 13.6. The van der Waals surface area contributed by atoms with Crippen LogP contribution in [0.4, 0.5) is 5.82 Å². The molecule has 3 aliphatic rings. The van der Waals surface area contributed by atoms with Gasteiger partial charge >= 0.3 is 0 Å². The van der Waals surface area contributed by atoms with Crippen LogP contribution in [0.15, 0.2) is 34.9 Å². The third-order valence-electron chi connectivity index (χ3n) is 8.54. The standard InChI is InChI=1S/C30H40BrN7O/c1-35-11-5-7-24(19-35)21-37-14-12-36(13-15-37)20-23-6-4-8-25(16-23)28(39)22-38(26-9-2-3-10-26)30-27(31)18-33-29(17-32)34-30/h4,6,8,16,18,24,26H,2-3,5,7,9-15,19-22H2,1H3. The number of aromatic nitrogens is 2. The Balaban J connectivity index is 1.20. The van der Waals surface area contributed by atoms with Crippen LogP contribution in [-0.2, 0) is 6.54 Å². The molecule has 0 bridgehead atoms. The summed E-state index contributed by atoms with van der Waals surface area (Å²) in [7, 11) is 2.24. The molecule has 3 heterocycles. The van der Waals surface area contributed by atoms with Crippen LogP contribution < -0.4 is 4.90 Å². The van der Waals surface area contributed by atoms with Crippen molar-refractivity contribution in [3.05, 3.63) is 51.9 Å². The number of Topliss-reactive ketones (excluding diaryl/α,β-unsaturated/α-hetero) is 1. The highest BCUT2D eigenvalue weighted by atomic mass is 79.9. The van der Waals surface area contributed by atoms with Crippen molar-refractivity contribution >= 4 is 27.5 Å². The molecule has 3 fully saturated rings. The largest absolute Gasteiger partial charge is 0.345 e. The molecule has 1 aromatic heterocycles. The van der Waals surface area contributed by atoms with Crippen molar-refractivity contribution in [1.82, 2.24) is 24.7 Å². The van der Waals surface area contributed by atoms with E-state index in [0.29, 0.717) is 10.3 Å². The number of hydrogen-bond acceptors (Lipinski definition) is 8. The van der Waals surface area contributed by atoms with Crippen molar-refractivity contribution in [2.75, 3.05) is 64.3 Å². The third kappa shape index (κ3) is 7.43. The summed E-state index contributed by atoms with van der Waals surface area (Å²) >= 11 is 3.56. The molecule has 0 amide bonds. The number of rotatable bonds is 9. The zero-order valence-electron chi connectivity index (χ0n) is 23.1. The van der Waals surface area contributed by atoms with E-state index in [4.69, 9.17) is 0 Å². The van der Waals surface area contributed by atoms with Crippen molar-refractivity contribution in [2.45, 2.75) is 51.1 Å². The van der Waals surface area contributed by atoms with Gasteiger partial charge in [-0.25, -0.2) is 9.97 Å². The molecule has 2 saturated heterocycles. The van der Waals surface area contributed by atoms with E-state index in [1.165, 1.54) is 38.0 Å². The van der Waals surface area contributed by atoms with Crippen LogP contribution >= 0.6 is 15.9 Å². The van der Waals surface area contributed by atoms with E-state index in [0.717, 1.165) is 69.9 Å². The van der Waals surface area contributed by atoms with Crippen LogP contribution in [0.1, 0.15) is 60.3 Å². The highest BCUT2D eigenvalue weighted by molar-refractivity contribution is 9.10. The Morgan fingerprint density at radius 1 is 1.10 bits per heavy atom. The number of carbonyl (C=O) groups is 1. The number of hydrogen-bond donors (Lipinski definition) is 0. The van der Waals surface area contributed by atoms with Gasteiger partial charge in [0.15, 0.2) is 5.78 Å². The lowest BCUT2D eigenvalue weighted by atomic mass is 9.97. The molecule has 208 valence electrons. The first-order valence-corrected chi connectivity index (χ1v) is 15.2. The van der Waals surface area contributed by atoms with Crippen molar-refractivity contribution in [3.8, 4) is 6.07 Å². The molecule has 2 aromatic rings. The molecular formula is C30H40BrN7O. The minimum absolute atomic E-state index is 0.0787. The fourth-order valence-electron chi connectivity index (χ4n) is 6.47. The first kappa shape index (κ1) is 28.2. The average molecular weight is 595 g/mol. The summed E-state index contributed by atoms with van der Waals surface area (Å²) in [4.78, 5) is 31.8. The van der Waals surface area contributed by atoms with E-state index in [1.807, 2.05) is 18.2 Å². The van der Waals surface area contributed by atoms with Gasteiger partial charge in [0.1, 0.15) is 11.9 Å². The molecule has 1 aliphatic carbocycles. The summed E-state index contributed by atoms with van der Waals surface area (Å²) in [6.45, 7) is 9.18. The van der Waals surface area contributed by atoms with Gasteiger partial charge in [-0.1, -0.05) is 31.0 Å². The normalized spacial score (nSPS) is 21.6. The highest BCUT2D eigenvalue weighted by Gasteiger charge is 2.28. The maximum atomic E-state index is 13.6. The molecule has 39 heavy (non-hydrogen) atoms. The lowest BCUT2D eigenvalue weighted by Gasteiger charge is -2.38. The van der Waals surface area contributed by atoms with Gasteiger partial charge in [-0.3, -0.25) is 9.69 Å². The van der Waals surface area contributed by atoms with E-state index < -0.39 is 0 Å². The summed E-state index contributed by atoms with van der Waals surface area (Å²) in [6.07, 6.45) is 8.63. The Hall–Kier alpha value is -2.38. The van der Waals surface area contributed by atoms with Gasteiger partial charge in [-0.2, -0.15) is 5.26 Å². The number of nitriles is 1. The molecule has 1 saturated carbocycles. The predicted octanol–water partition coefficient (Wildman–Crippen LogP) is 4.20. The lowest BCUT2D eigenvalue weighted by Crippen LogP contribution is -2.48. The number of halogens is 1. The molecule has 1 atom stereocenters. The van der Waals surface area contributed by atoms with Crippen LogP contribution in [0.5, 0.6) is 0 Å². The van der Waals surface area contributed by atoms with Gasteiger partial charge in [-0.15, -0.1) is 0 Å². The smallest absolute Gasteiger partial charge is 0.234 e. The first-order valence-electron chi connectivity index (χ1n) is 14.4. The van der Waals surface area contributed by atoms with Crippen LogP contribution in [0, 0.1) is 17.2 Å². The molecule has 5 rings (SSSR count). The topological polar surface area (TPSA) is 79.6 Å². The summed E-state index contributed by atoms with van der Waals surface area (Å²) in [6, 6.07) is 10.4. The third-order valence-corrected chi connectivity index (χ3v) is 9.09. The minimum atomic E-state index is 0.0787. The SMILES string of the molecule is CN1CCCC(CN2CCN(Cc3cccc(C(=O)CN(c4nc(C#N)ncc4Br)C4CCCC4)c3)CC2)C1. The number of ketones is 1. The average Bonchev–Trinajstić information content (AvgIpc) is 3.48. The van der Waals surface area contributed by atoms with Crippen LogP contribution in [0.2, 0.25) is 0 Å². The number of piperidine rings is 1. The number of benzene rings is 1. The van der Waals surface area contributed by atoms with E-state index in [2.05, 4.69) is 64.7 Å². The van der Waals surface area contributed by atoms with Crippen molar-refractivity contribution in [1.29, 1.82) is 5.26 Å². The van der Waals surface area contributed by atoms with Gasteiger partial charge in [0, 0.05) is 63.6 Å². The molecule has 9 heteroatoms. The van der Waals surface area contributed by atoms with E-state index in [-0.39, 0.29) is 24.2 Å². The highest BCUT2D eigenvalue weighted by Crippen LogP contribution is 2.32. The molecule has 1 aromatic carbocycles. The quantitative estimate of drug-likeness (QED) is 0.400. The molecule has 1 unspecified atom stereocenters. The second kappa shape index (κ2) is 13.3. The lowest BCUT2D eigenvalue weighted by molar-refractivity contribution is 0.0929. The summed E-state index contributed by atoms with van der Waals surface area (Å²) in [5.74, 6) is 1.64. The number of carbonyl (C=O) groups excluding carboxylic acids is 1.